The zero-order valence-corrected chi connectivity index (χ0v) is 53.2. The van der Waals surface area contributed by atoms with Crippen LogP contribution in [-0.4, -0.2) is 37.2 Å². The Kier molecular flexibility index (Phi) is 65.6. The van der Waals surface area contributed by atoms with Gasteiger partial charge in [0.1, 0.15) is 13.2 Å². The third-order valence-corrected chi connectivity index (χ3v) is 15.8. The fourth-order valence-corrected chi connectivity index (χ4v) is 10.6. The molecule has 0 radical (unpaired) electrons. The van der Waals surface area contributed by atoms with Crippen LogP contribution in [0.3, 0.4) is 0 Å². The van der Waals surface area contributed by atoms with Gasteiger partial charge >= 0.3 is 17.9 Å². The summed E-state index contributed by atoms with van der Waals surface area (Å²) >= 11 is 0. The molecule has 0 aromatic heterocycles. The first-order valence-electron chi connectivity index (χ1n) is 35.1. The molecule has 0 aliphatic carbocycles. The molecule has 0 N–H and O–H groups in total. The molecule has 0 amide bonds. The zero-order chi connectivity index (χ0) is 57.1. The van der Waals surface area contributed by atoms with Gasteiger partial charge < -0.3 is 14.2 Å². The second-order valence-corrected chi connectivity index (χ2v) is 23.8. The van der Waals surface area contributed by atoms with E-state index in [1.807, 2.05) is 0 Å². The number of unbranched alkanes of at least 4 members (excludes halogenated alkanes) is 46. The van der Waals surface area contributed by atoms with Gasteiger partial charge in [-0.05, 0) is 77.0 Å². The van der Waals surface area contributed by atoms with E-state index in [1.54, 1.807) is 0 Å². The van der Waals surface area contributed by atoms with Crippen molar-refractivity contribution in [3.05, 3.63) is 48.6 Å². The van der Waals surface area contributed by atoms with Gasteiger partial charge in [-0.25, -0.2) is 0 Å². The van der Waals surface area contributed by atoms with Crippen molar-refractivity contribution in [1.82, 2.24) is 0 Å². The van der Waals surface area contributed by atoms with E-state index in [4.69, 9.17) is 14.2 Å². The van der Waals surface area contributed by atoms with E-state index in [2.05, 4.69) is 69.4 Å². The largest absolute Gasteiger partial charge is 0.462 e. The summed E-state index contributed by atoms with van der Waals surface area (Å²) < 4.78 is 16.9. The summed E-state index contributed by atoms with van der Waals surface area (Å²) in [5.74, 6) is -0.905. The highest BCUT2D eigenvalue weighted by atomic mass is 16.6. The summed E-state index contributed by atoms with van der Waals surface area (Å²) in [7, 11) is 0. The minimum atomic E-state index is -0.790. The van der Waals surface area contributed by atoms with Crippen molar-refractivity contribution < 1.29 is 28.6 Å². The maximum Gasteiger partial charge on any atom is 0.306 e. The minimum Gasteiger partial charge on any atom is -0.462 e. The smallest absolute Gasteiger partial charge is 0.306 e. The Labute approximate surface area is 492 Å². The zero-order valence-electron chi connectivity index (χ0n) is 53.2. The van der Waals surface area contributed by atoms with Gasteiger partial charge in [-0.3, -0.25) is 14.4 Å². The number of carbonyl (C=O) groups excluding carboxylic acids is 3. The van der Waals surface area contributed by atoms with Crippen LogP contribution in [0.5, 0.6) is 0 Å². The molecule has 0 saturated carbocycles. The van der Waals surface area contributed by atoms with Crippen LogP contribution in [0.25, 0.3) is 0 Å². The molecule has 462 valence electrons. The van der Waals surface area contributed by atoms with Crippen molar-refractivity contribution in [2.45, 2.75) is 386 Å². The van der Waals surface area contributed by atoms with Gasteiger partial charge in [0.2, 0.25) is 0 Å². The highest BCUT2D eigenvalue weighted by molar-refractivity contribution is 5.71. The van der Waals surface area contributed by atoms with Crippen molar-refractivity contribution in [3.63, 3.8) is 0 Å². The monoisotopic (exact) mass is 1110 g/mol. The lowest BCUT2D eigenvalue weighted by atomic mass is 10.0. The Morgan fingerprint density at radius 1 is 0.266 bits per heavy atom. The van der Waals surface area contributed by atoms with Gasteiger partial charge in [-0.2, -0.15) is 0 Å². The average molecular weight is 1110 g/mol. The van der Waals surface area contributed by atoms with Crippen molar-refractivity contribution in [3.8, 4) is 0 Å². The molecule has 0 fully saturated rings. The molecule has 0 heterocycles. The second kappa shape index (κ2) is 67.9. The molecule has 0 aromatic carbocycles. The summed E-state index contributed by atoms with van der Waals surface area (Å²) in [6, 6.07) is 0. The summed E-state index contributed by atoms with van der Waals surface area (Å²) in [6.45, 7) is 6.53. The molecule has 1 atom stereocenters. The number of rotatable bonds is 65. The lowest BCUT2D eigenvalue weighted by Gasteiger charge is -2.18. The number of carbonyl (C=O) groups is 3. The van der Waals surface area contributed by atoms with Gasteiger partial charge in [-0.1, -0.05) is 333 Å². The fourth-order valence-electron chi connectivity index (χ4n) is 10.6. The Hall–Kier alpha value is -2.63. The van der Waals surface area contributed by atoms with Gasteiger partial charge in [0.05, 0.1) is 0 Å². The second-order valence-electron chi connectivity index (χ2n) is 23.8. The number of ether oxygens (including phenoxy) is 3. The predicted octanol–water partition coefficient (Wildman–Crippen LogP) is 24.1. The van der Waals surface area contributed by atoms with Crippen LogP contribution in [-0.2, 0) is 28.6 Å². The topological polar surface area (TPSA) is 78.9 Å². The molecule has 0 saturated heterocycles. The van der Waals surface area contributed by atoms with Crippen LogP contribution in [0.15, 0.2) is 48.6 Å². The highest BCUT2D eigenvalue weighted by Crippen LogP contribution is 2.19. The molecule has 0 rings (SSSR count). The minimum absolute atomic E-state index is 0.0845. The summed E-state index contributed by atoms with van der Waals surface area (Å²) in [5, 5.41) is 0. The molecule has 0 aliphatic rings. The van der Waals surface area contributed by atoms with Crippen LogP contribution in [0, 0.1) is 0 Å². The maximum absolute atomic E-state index is 12.8. The molecule has 0 aromatic rings. The Morgan fingerprint density at radius 3 is 0.810 bits per heavy atom. The SMILES string of the molecule is CC/C=C\C/C=C\C/C=C\CCCCCC(=O)OC(COC(=O)CCCCCCC/C=C\CCCCCC)COC(=O)CCCCCCCCCCCCCCCCCCCCCCCCCCCCCCCCCCCCC. The summed E-state index contributed by atoms with van der Waals surface area (Å²) in [5.41, 5.74) is 0. The van der Waals surface area contributed by atoms with Crippen LogP contribution in [0.4, 0.5) is 0 Å². The summed E-state index contributed by atoms with van der Waals surface area (Å²) in [4.78, 5) is 38.2. The van der Waals surface area contributed by atoms with E-state index in [1.165, 1.54) is 250 Å². The first kappa shape index (κ1) is 76.4. The quantitative estimate of drug-likeness (QED) is 0.0261. The Morgan fingerprint density at radius 2 is 0.494 bits per heavy atom. The Bertz CT molecular complexity index is 1360. The van der Waals surface area contributed by atoms with E-state index >= 15 is 0 Å². The highest BCUT2D eigenvalue weighted by Gasteiger charge is 2.19. The average Bonchev–Trinajstić information content (AvgIpc) is 3.45. The first-order chi connectivity index (χ1) is 39.0. The first-order valence-corrected chi connectivity index (χ1v) is 35.1. The fraction of sp³-hybridized carbons (Fsp3) is 0.849. The normalized spacial score (nSPS) is 12.3. The third kappa shape index (κ3) is 66.1. The predicted molar refractivity (Wildman–Crippen MR) is 344 cm³/mol. The lowest BCUT2D eigenvalue weighted by Crippen LogP contribution is -2.30. The molecular weight excluding hydrogens is 973 g/mol. The van der Waals surface area contributed by atoms with Crippen LogP contribution < -0.4 is 0 Å². The molecule has 6 nitrogen and oxygen atoms in total. The van der Waals surface area contributed by atoms with Gasteiger partial charge in [0, 0.05) is 19.3 Å². The van der Waals surface area contributed by atoms with Crippen LogP contribution in [0.1, 0.15) is 380 Å². The van der Waals surface area contributed by atoms with E-state index in [-0.39, 0.29) is 31.1 Å². The van der Waals surface area contributed by atoms with Gasteiger partial charge in [-0.15, -0.1) is 0 Å². The van der Waals surface area contributed by atoms with Crippen molar-refractivity contribution in [2.24, 2.45) is 0 Å². The van der Waals surface area contributed by atoms with E-state index in [0.717, 1.165) is 89.9 Å². The van der Waals surface area contributed by atoms with E-state index in [9.17, 15) is 14.4 Å². The molecule has 79 heavy (non-hydrogen) atoms. The molecule has 0 bridgehead atoms. The van der Waals surface area contributed by atoms with Crippen molar-refractivity contribution in [1.29, 1.82) is 0 Å². The van der Waals surface area contributed by atoms with Gasteiger partial charge in [0.15, 0.2) is 6.10 Å². The third-order valence-electron chi connectivity index (χ3n) is 15.8. The molecule has 1 unspecified atom stereocenters. The van der Waals surface area contributed by atoms with E-state index < -0.39 is 6.10 Å². The maximum atomic E-state index is 12.8. The molecule has 0 spiro atoms. The molecule has 6 heteroatoms. The molecule has 0 aliphatic heterocycles. The number of hydrogen-bond donors (Lipinski definition) is 0. The van der Waals surface area contributed by atoms with Crippen LogP contribution >= 0.6 is 0 Å². The lowest BCUT2D eigenvalue weighted by molar-refractivity contribution is -0.167. The van der Waals surface area contributed by atoms with Crippen molar-refractivity contribution >= 4 is 17.9 Å². The van der Waals surface area contributed by atoms with E-state index in [0.29, 0.717) is 19.3 Å². The van der Waals surface area contributed by atoms with Gasteiger partial charge in [0.25, 0.3) is 0 Å². The van der Waals surface area contributed by atoms with Crippen molar-refractivity contribution in [2.75, 3.05) is 13.2 Å². The standard InChI is InChI=1S/C73H134O6/c1-4-7-10-13-16-19-22-25-26-27-28-29-30-31-32-33-34-35-36-37-38-39-40-41-42-43-44-45-46-49-51-54-57-60-63-66-72(75)78-69-70(79-73(76)67-64-61-58-55-52-48-24-21-18-15-12-9-6-3)68-77-71(74)65-62-59-56-53-50-47-23-20-17-14-11-8-5-2/h9,12,18,20-21,23,48,52,70H,4-8,10-11,13-17,19,22,24-47,49-51,53-69H2,1-3H3/b12-9-,21-18-,23-20-,52-48-. The number of esters is 3. The van der Waals surface area contributed by atoms with Crippen LogP contribution in [0.2, 0.25) is 0 Å². The number of hydrogen-bond acceptors (Lipinski definition) is 6. The summed E-state index contributed by atoms with van der Waals surface area (Å²) in [6.07, 6.45) is 86.1. The molecular formula is C73H134O6. The number of allylic oxidation sites excluding steroid dienone is 8. The Balaban J connectivity index is 4.02.